The van der Waals surface area contributed by atoms with Crippen molar-refractivity contribution in [3.8, 4) is 0 Å². The molecule has 0 heterocycles. The summed E-state index contributed by atoms with van der Waals surface area (Å²) in [5.41, 5.74) is 5.86. The first-order valence-electron chi connectivity index (χ1n) is 5.70. The summed E-state index contributed by atoms with van der Waals surface area (Å²) in [7, 11) is -1.62. The minimum absolute atomic E-state index is 0.171. The maximum Gasteiger partial charge on any atom is 0.235 e. The van der Waals surface area contributed by atoms with E-state index in [-0.39, 0.29) is 22.2 Å². The predicted octanol–water partition coefficient (Wildman–Crippen LogP) is 1.38. The van der Waals surface area contributed by atoms with Crippen molar-refractivity contribution < 1.29 is 13.4 Å². The van der Waals surface area contributed by atoms with Gasteiger partial charge in [0, 0.05) is 18.8 Å². The van der Waals surface area contributed by atoms with Crippen LogP contribution in [0.2, 0.25) is 0 Å². The molecule has 1 unspecified atom stereocenters. The number of nitrogens with zero attached hydrogens (tertiary/aromatic N) is 1. The number of rotatable bonds is 5. The molecule has 0 aliphatic heterocycles. The van der Waals surface area contributed by atoms with Crippen molar-refractivity contribution in [3.05, 3.63) is 24.0 Å². The quantitative estimate of drug-likeness (QED) is 0.824. The molecule has 0 aliphatic carbocycles. The summed E-state index contributed by atoms with van der Waals surface area (Å²) in [6, 6.07) is 3.66. The van der Waals surface area contributed by atoms with Crippen molar-refractivity contribution in [2.24, 2.45) is 0 Å². The molecule has 1 aromatic carbocycles. The standard InChI is InChI=1S/C12H17FN2O2S/c1-3-15(4-2)12(16)8-18(17)11-7-9(13)5-6-10(11)14/h5-7H,3-4,8,14H2,1-2H3. The zero-order valence-corrected chi connectivity index (χ0v) is 11.3. The molecular weight excluding hydrogens is 255 g/mol. The van der Waals surface area contributed by atoms with E-state index >= 15 is 0 Å². The maximum atomic E-state index is 13.1. The lowest BCUT2D eigenvalue weighted by Crippen LogP contribution is -2.34. The summed E-state index contributed by atoms with van der Waals surface area (Å²) in [5.74, 6) is -0.903. The highest BCUT2D eigenvalue weighted by atomic mass is 32.2. The summed E-state index contributed by atoms with van der Waals surface area (Å²) >= 11 is 0. The normalized spacial score (nSPS) is 12.2. The first-order valence-corrected chi connectivity index (χ1v) is 7.02. The average molecular weight is 272 g/mol. The third-order valence-electron chi connectivity index (χ3n) is 2.59. The van der Waals surface area contributed by atoms with Gasteiger partial charge in [-0.05, 0) is 32.0 Å². The Kier molecular flexibility index (Phi) is 5.27. The van der Waals surface area contributed by atoms with Crippen LogP contribution >= 0.6 is 0 Å². The van der Waals surface area contributed by atoms with Gasteiger partial charge in [-0.1, -0.05) is 0 Å². The Bertz CT molecular complexity index is 461. The maximum absolute atomic E-state index is 13.1. The first-order chi connectivity index (χ1) is 8.49. The molecule has 1 amide bonds. The second-order valence-corrected chi connectivity index (χ2v) is 5.16. The molecule has 1 rings (SSSR count). The van der Waals surface area contributed by atoms with Gasteiger partial charge in [0.1, 0.15) is 11.6 Å². The molecule has 100 valence electrons. The Morgan fingerprint density at radius 1 is 1.39 bits per heavy atom. The van der Waals surface area contributed by atoms with Crippen molar-refractivity contribution in [3.63, 3.8) is 0 Å². The Balaban J connectivity index is 2.82. The molecule has 0 aromatic heterocycles. The molecule has 0 saturated heterocycles. The minimum Gasteiger partial charge on any atom is -0.398 e. The second kappa shape index (κ2) is 6.49. The Labute approximate surface area is 108 Å². The lowest BCUT2D eigenvalue weighted by molar-refractivity contribution is -0.128. The molecule has 0 bridgehead atoms. The van der Waals surface area contributed by atoms with Crippen molar-refractivity contribution in [2.45, 2.75) is 18.7 Å². The molecule has 6 heteroatoms. The fourth-order valence-electron chi connectivity index (χ4n) is 1.56. The molecule has 18 heavy (non-hydrogen) atoms. The van der Waals surface area contributed by atoms with Crippen LogP contribution in [0.5, 0.6) is 0 Å². The Morgan fingerprint density at radius 3 is 2.56 bits per heavy atom. The van der Waals surface area contributed by atoms with Gasteiger partial charge in [0.05, 0.1) is 15.7 Å². The zero-order chi connectivity index (χ0) is 13.7. The van der Waals surface area contributed by atoms with Crippen molar-refractivity contribution in [2.75, 3.05) is 24.6 Å². The van der Waals surface area contributed by atoms with E-state index < -0.39 is 16.6 Å². The Hall–Kier alpha value is -1.43. The van der Waals surface area contributed by atoms with Crippen LogP contribution in [0.25, 0.3) is 0 Å². The summed E-state index contributed by atoms with van der Waals surface area (Å²) in [5, 5.41) is 0. The van der Waals surface area contributed by atoms with Gasteiger partial charge < -0.3 is 10.6 Å². The molecule has 1 aromatic rings. The lowest BCUT2D eigenvalue weighted by atomic mass is 10.3. The number of hydrogen-bond donors (Lipinski definition) is 1. The highest BCUT2D eigenvalue weighted by molar-refractivity contribution is 7.86. The molecule has 0 fully saturated rings. The third-order valence-corrected chi connectivity index (χ3v) is 3.94. The number of halogens is 1. The SMILES string of the molecule is CCN(CC)C(=O)CS(=O)c1cc(F)ccc1N. The number of anilines is 1. The van der Waals surface area contributed by atoms with Crippen LogP contribution in [0.4, 0.5) is 10.1 Å². The largest absolute Gasteiger partial charge is 0.398 e. The number of nitrogen functional groups attached to an aromatic ring is 1. The van der Waals surface area contributed by atoms with Gasteiger partial charge in [-0.15, -0.1) is 0 Å². The van der Waals surface area contributed by atoms with E-state index in [4.69, 9.17) is 5.73 Å². The number of benzene rings is 1. The van der Waals surface area contributed by atoms with Crippen molar-refractivity contribution in [1.29, 1.82) is 0 Å². The van der Waals surface area contributed by atoms with Gasteiger partial charge in [0.25, 0.3) is 0 Å². The van der Waals surface area contributed by atoms with Crippen LogP contribution in [0.15, 0.2) is 23.1 Å². The van der Waals surface area contributed by atoms with Gasteiger partial charge in [0.15, 0.2) is 0 Å². The number of hydrogen-bond acceptors (Lipinski definition) is 3. The molecule has 0 radical (unpaired) electrons. The van der Waals surface area contributed by atoms with Crippen LogP contribution in [0.1, 0.15) is 13.8 Å². The van der Waals surface area contributed by atoms with Crippen molar-refractivity contribution in [1.82, 2.24) is 4.90 Å². The molecule has 1 atom stereocenters. The first kappa shape index (κ1) is 14.6. The number of nitrogens with two attached hydrogens (primary N) is 1. The monoisotopic (exact) mass is 272 g/mol. The summed E-state index contributed by atoms with van der Waals surface area (Å²) in [4.78, 5) is 13.5. The fraction of sp³-hybridized carbons (Fsp3) is 0.417. The summed E-state index contributed by atoms with van der Waals surface area (Å²) in [6.07, 6.45) is 0. The number of carbonyl (C=O) groups excluding carboxylic acids is 1. The highest BCUT2D eigenvalue weighted by Gasteiger charge is 2.17. The fourth-order valence-corrected chi connectivity index (χ4v) is 2.70. The molecule has 0 aliphatic rings. The van der Waals surface area contributed by atoms with Crippen molar-refractivity contribution >= 4 is 22.4 Å². The topological polar surface area (TPSA) is 63.4 Å². The van der Waals surface area contributed by atoms with Gasteiger partial charge in [-0.3, -0.25) is 9.00 Å². The highest BCUT2D eigenvalue weighted by Crippen LogP contribution is 2.18. The van der Waals surface area contributed by atoms with E-state index in [2.05, 4.69) is 0 Å². The van der Waals surface area contributed by atoms with Crippen LogP contribution in [-0.4, -0.2) is 33.9 Å². The minimum atomic E-state index is -1.62. The smallest absolute Gasteiger partial charge is 0.235 e. The van der Waals surface area contributed by atoms with Crippen LogP contribution in [0, 0.1) is 5.82 Å². The van der Waals surface area contributed by atoms with E-state index in [1.807, 2.05) is 13.8 Å². The van der Waals surface area contributed by atoms with Crippen LogP contribution in [-0.2, 0) is 15.6 Å². The molecule has 4 nitrogen and oxygen atoms in total. The predicted molar refractivity (Wildman–Crippen MR) is 70.0 cm³/mol. The van der Waals surface area contributed by atoms with E-state index in [1.165, 1.54) is 12.1 Å². The summed E-state index contributed by atoms with van der Waals surface area (Å²) in [6.45, 7) is 4.82. The molecule has 0 saturated carbocycles. The van der Waals surface area contributed by atoms with E-state index in [1.54, 1.807) is 4.90 Å². The van der Waals surface area contributed by atoms with Gasteiger partial charge in [0.2, 0.25) is 5.91 Å². The Morgan fingerprint density at radius 2 is 2.00 bits per heavy atom. The van der Waals surface area contributed by atoms with Crippen LogP contribution in [0.3, 0.4) is 0 Å². The van der Waals surface area contributed by atoms with Gasteiger partial charge >= 0.3 is 0 Å². The van der Waals surface area contributed by atoms with Gasteiger partial charge in [-0.2, -0.15) is 0 Å². The third kappa shape index (κ3) is 3.53. The number of carbonyl (C=O) groups is 1. The molecular formula is C12H17FN2O2S. The second-order valence-electron chi connectivity index (χ2n) is 3.74. The lowest BCUT2D eigenvalue weighted by Gasteiger charge is -2.18. The van der Waals surface area contributed by atoms with E-state index in [0.29, 0.717) is 13.1 Å². The van der Waals surface area contributed by atoms with E-state index in [0.717, 1.165) is 6.07 Å². The summed E-state index contributed by atoms with van der Waals surface area (Å²) < 4.78 is 25.0. The molecule has 0 spiro atoms. The van der Waals surface area contributed by atoms with Crippen LogP contribution < -0.4 is 5.73 Å². The molecule has 2 N–H and O–H groups in total. The zero-order valence-electron chi connectivity index (χ0n) is 10.5. The van der Waals surface area contributed by atoms with E-state index in [9.17, 15) is 13.4 Å². The number of amides is 1. The van der Waals surface area contributed by atoms with Gasteiger partial charge in [-0.25, -0.2) is 4.39 Å². The average Bonchev–Trinajstić information content (AvgIpc) is 2.33.